The lowest BCUT2D eigenvalue weighted by Crippen LogP contribution is -2.47. The number of hydrogen-bond donors (Lipinski definition) is 1. The van der Waals surface area contributed by atoms with Crippen LogP contribution < -0.4 is 4.90 Å². The van der Waals surface area contributed by atoms with E-state index in [0.717, 1.165) is 10.2 Å². The Bertz CT molecular complexity index is 515. The molecular formula is C12H11BrN2O2S. The fourth-order valence-corrected chi connectivity index (χ4v) is 3.32. The van der Waals surface area contributed by atoms with Gasteiger partial charge in [0.05, 0.1) is 11.3 Å². The van der Waals surface area contributed by atoms with Crippen LogP contribution in [0.1, 0.15) is 5.56 Å². The van der Waals surface area contributed by atoms with Gasteiger partial charge in [-0.2, -0.15) is 17.0 Å². The van der Waals surface area contributed by atoms with Crippen LogP contribution in [-0.2, 0) is 4.79 Å². The summed E-state index contributed by atoms with van der Waals surface area (Å²) in [6.45, 7) is 0.646. The van der Waals surface area contributed by atoms with Gasteiger partial charge in [-0.05, 0) is 18.2 Å². The van der Waals surface area contributed by atoms with E-state index in [0.29, 0.717) is 23.5 Å². The van der Waals surface area contributed by atoms with Crippen molar-refractivity contribution >= 4 is 39.3 Å². The minimum atomic E-state index is -0.842. The van der Waals surface area contributed by atoms with Gasteiger partial charge < -0.3 is 10.0 Å². The highest BCUT2D eigenvalue weighted by atomic mass is 79.9. The summed E-state index contributed by atoms with van der Waals surface area (Å²) in [5.41, 5.74) is 1.20. The zero-order valence-corrected chi connectivity index (χ0v) is 11.9. The topological polar surface area (TPSA) is 64.3 Å². The SMILES string of the molecule is N#Cc1ccc(Br)cc1N1CCSCC1C(=O)O. The Morgan fingerprint density at radius 2 is 2.39 bits per heavy atom. The summed E-state index contributed by atoms with van der Waals surface area (Å²) in [6.07, 6.45) is 0. The number of halogens is 1. The summed E-state index contributed by atoms with van der Waals surface area (Å²) in [4.78, 5) is 13.1. The Morgan fingerprint density at radius 3 is 3.06 bits per heavy atom. The summed E-state index contributed by atoms with van der Waals surface area (Å²) in [7, 11) is 0. The molecule has 94 valence electrons. The first-order valence-electron chi connectivity index (χ1n) is 5.40. The van der Waals surface area contributed by atoms with Gasteiger partial charge in [-0.15, -0.1) is 0 Å². The molecule has 1 unspecified atom stereocenters. The van der Waals surface area contributed by atoms with Crippen molar-refractivity contribution < 1.29 is 9.90 Å². The standard InChI is InChI=1S/C12H11BrN2O2S/c13-9-2-1-8(6-14)10(5-9)15-3-4-18-7-11(15)12(16)17/h1-2,5,11H,3-4,7H2,(H,16,17). The van der Waals surface area contributed by atoms with Crippen LogP contribution in [-0.4, -0.2) is 35.2 Å². The first kappa shape index (κ1) is 13.2. The Balaban J connectivity index is 2.42. The normalized spacial score (nSPS) is 19.3. The summed E-state index contributed by atoms with van der Waals surface area (Å²) >= 11 is 4.99. The van der Waals surface area contributed by atoms with Crippen LogP contribution >= 0.6 is 27.7 Å². The number of nitrogens with zero attached hydrogens (tertiary/aromatic N) is 2. The predicted molar refractivity (Wildman–Crippen MR) is 75.0 cm³/mol. The number of anilines is 1. The lowest BCUT2D eigenvalue weighted by molar-refractivity contribution is -0.138. The molecule has 1 N–H and O–H groups in total. The molecule has 1 heterocycles. The van der Waals surface area contributed by atoms with Crippen molar-refractivity contribution in [3.63, 3.8) is 0 Å². The van der Waals surface area contributed by atoms with Crippen molar-refractivity contribution in [2.75, 3.05) is 23.0 Å². The van der Waals surface area contributed by atoms with Gasteiger partial charge >= 0.3 is 5.97 Å². The van der Waals surface area contributed by atoms with Gasteiger partial charge in [-0.3, -0.25) is 0 Å². The molecule has 1 saturated heterocycles. The second-order valence-electron chi connectivity index (χ2n) is 3.90. The minimum Gasteiger partial charge on any atom is -0.480 e. The molecule has 0 amide bonds. The molecule has 1 aromatic rings. The predicted octanol–water partition coefficient (Wildman–Crippen LogP) is 2.33. The third kappa shape index (κ3) is 2.62. The number of carboxylic acid groups (broad SMARTS) is 1. The number of carboxylic acids is 1. The molecular weight excluding hydrogens is 316 g/mol. The van der Waals surface area contributed by atoms with Crippen LogP contribution in [0.3, 0.4) is 0 Å². The van der Waals surface area contributed by atoms with Crippen molar-refractivity contribution in [2.24, 2.45) is 0 Å². The molecule has 0 bridgehead atoms. The summed E-state index contributed by atoms with van der Waals surface area (Å²) in [5.74, 6) is 0.583. The van der Waals surface area contributed by atoms with E-state index in [2.05, 4.69) is 22.0 Å². The second-order valence-corrected chi connectivity index (χ2v) is 5.96. The monoisotopic (exact) mass is 326 g/mol. The van der Waals surface area contributed by atoms with Gasteiger partial charge in [0.15, 0.2) is 0 Å². The highest BCUT2D eigenvalue weighted by Crippen LogP contribution is 2.29. The zero-order valence-electron chi connectivity index (χ0n) is 9.47. The van der Waals surface area contributed by atoms with Gasteiger partial charge in [0.2, 0.25) is 0 Å². The van der Waals surface area contributed by atoms with Crippen LogP contribution in [0.2, 0.25) is 0 Å². The van der Waals surface area contributed by atoms with E-state index >= 15 is 0 Å². The molecule has 1 atom stereocenters. The van der Waals surface area contributed by atoms with Crippen molar-refractivity contribution in [3.8, 4) is 6.07 Å². The molecule has 0 radical (unpaired) electrons. The molecule has 0 aromatic heterocycles. The summed E-state index contributed by atoms with van der Waals surface area (Å²) < 4.78 is 0.846. The fourth-order valence-electron chi connectivity index (χ4n) is 1.93. The average Bonchev–Trinajstić information content (AvgIpc) is 2.38. The average molecular weight is 327 g/mol. The van der Waals surface area contributed by atoms with E-state index in [9.17, 15) is 9.90 Å². The number of aliphatic carboxylic acids is 1. The molecule has 2 rings (SSSR count). The Hall–Kier alpha value is -1.19. The molecule has 1 fully saturated rings. The number of rotatable bonds is 2. The van der Waals surface area contributed by atoms with Gasteiger partial charge in [0.25, 0.3) is 0 Å². The van der Waals surface area contributed by atoms with E-state index in [-0.39, 0.29) is 0 Å². The van der Waals surface area contributed by atoms with Gasteiger partial charge in [0.1, 0.15) is 12.1 Å². The van der Waals surface area contributed by atoms with Crippen LogP contribution in [0, 0.1) is 11.3 Å². The Kier molecular flexibility index (Phi) is 4.15. The third-order valence-corrected chi connectivity index (χ3v) is 4.32. The molecule has 6 heteroatoms. The quantitative estimate of drug-likeness (QED) is 0.903. The number of benzene rings is 1. The lowest BCUT2D eigenvalue weighted by atomic mass is 10.1. The largest absolute Gasteiger partial charge is 0.480 e. The first-order valence-corrected chi connectivity index (χ1v) is 7.35. The zero-order chi connectivity index (χ0) is 13.1. The van der Waals surface area contributed by atoms with E-state index in [1.165, 1.54) is 0 Å². The van der Waals surface area contributed by atoms with E-state index < -0.39 is 12.0 Å². The highest BCUT2D eigenvalue weighted by Gasteiger charge is 2.30. The molecule has 4 nitrogen and oxygen atoms in total. The molecule has 0 saturated carbocycles. The molecule has 1 aromatic carbocycles. The van der Waals surface area contributed by atoms with Gasteiger partial charge in [0, 0.05) is 22.5 Å². The molecule has 0 aliphatic carbocycles. The number of hydrogen-bond acceptors (Lipinski definition) is 4. The minimum absolute atomic E-state index is 0.511. The van der Waals surface area contributed by atoms with Crippen molar-refractivity contribution in [1.82, 2.24) is 0 Å². The third-order valence-electron chi connectivity index (χ3n) is 2.80. The van der Waals surface area contributed by atoms with Crippen molar-refractivity contribution in [3.05, 3.63) is 28.2 Å². The van der Waals surface area contributed by atoms with Crippen LogP contribution in [0.4, 0.5) is 5.69 Å². The maximum absolute atomic E-state index is 11.3. The van der Waals surface area contributed by atoms with Crippen LogP contribution in [0.25, 0.3) is 0 Å². The van der Waals surface area contributed by atoms with Crippen LogP contribution in [0.5, 0.6) is 0 Å². The molecule has 0 spiro atoms. The maximum Gasteiger partial charge on any atom is 0.327 e. The smallest absolute Gasteiger partial charge is 0.327 e. The summed E-state index contributed by atoms with van der Waals surface area (Å²) in [6, 6.07) is 6.86. The van der Waals surface area contributed by atoms with Gasteiger partial charge in [-0.25, -0.2) is 4.79 Å². The number of carbonyl (C=O) groups is 1. The fraction of sp³-hybridized carbons (Fsp3) is 0.333. The van der Waals surface area contributed by atoms with Crippen molar-refractivity contribution in [1.29, 1.82) is 5.26 Å². The van der Waals surface area contributed by atoms with E-state index in [1.54, 1.807) is 23.9 Å². The Labute approximate surface area is 118 Å². The maximum atomic E-state index is 11.3. The van der Waals surface area contributed by atoms with Gasteiger partial charge in [-0.1, -0.05) is 15.9 Å². The molecule has 18 heavy (non-hydrogen) atoms. The highest BCUT2D eigenvalue weighted by molar-refractivity contribution is 9.10. The molecule has 1 aliphatic heterocycles. The lowest BCUT2D eigenvalue weighted by Gasteiger charge is -2.35. The Morgan fingerprint density at radius 1 is 1.61 bits per heavy atom. The summed E-state index contributed by atoms with van der Waals surface area (Å²) in [5, 5.41) is 18.4. The van der Waals surface area contributed by atoms with Crippen LogP contribution in [0.15, 0.2) is 22.7 Å². The number of thioether (sulfide) groups is 1. The van der Waals surface area contributed by atoms with E-state index in [4.69, 9.17) is 5.26 Å². The second kappa shape index (κ2) is 5.63. The molecule has 1 aliphatic rings. The number of nitriles is 1. The first-order chi connectivity index (χ1) is 8.63. The van der Waals surface area contributed by atoms with E-state index in [1.807, 2.05) is 11.0 Å². The van der Waals surface area contributed by atoms with Crippen molar-refractivity contribution in [2.45, 2.75) is 6.04 Å².